The molecule has 2 aromatic carbocycles. The third kappa shape index (κ3) is 6.52. The van der Waals surface area contributed by atoms with Gasteiger partial charge in [-0.2, -0.15) is 0 Å². The second kappa shape index (κ2) is 13.0. The van der Waals surface area contributed by atoms with Crippen molar-refractivity contribution >= 4 is 52.7 Å². The Balaban J connectivity index is 1.64. The van der Waals surface area contributed by atoms with Gasteiger partial charge in [-0.1, -0.05) is 46.9 Å². The molecule has 1 saturated heterocycles. The summed E-state index contributed by atoms with van der Waals surface area (Å²) in [5, 5.41) is 4.09. The number of ether oxygens (including phenoxy) is 1. The summed E-state index contributed by atoms with van der Waals surface area (Å²) < 4.78 is 5.45. The van der Waals surface area contributed by atoms with Gasteiger partial charge in [-0.25, -0.2) is 9.59 Å². The molecule has 2 aliphatic rings. The summed E-state index contributed by atoms with van der Waals surface area (Å²) in [5.74, 6) is -0.579. The molecule has 0 bridgehead atoms. The first-order chi connectivity index (χ1) is 18.7. The van der Waals surface area contributed by atoms with E-state index in [1.807, 2.05) is 11.8 Å². The first-order valence-electron chi connectivity index (χ1n) is 12.9. The topological polar surface area (TPSA) is 82.2 Å². The number of benzene rings is 2. The second-order valence-corrected chi connectivity index (χ2v) is 10.5. The molecule has 2 aromatic rings. The lowest BCUT2D eigenvalue weighted by molar-refractivity contribution is -0.139. The highest BCUT2D eigenvalue weighted by atomic mass is 35.5. The van der Waals surface area contributed by atoms with Crippen molar-refractivity contribution in [3.05, 3.63) is 79.9 Å². The molecular weight excluding hydrogens is 563 g/mol. The molecule has 11 heteroatoms. The van der Waals surface area contributed by atoms with E-state index in [4.69, 9.17) is 39.5 Å². The van der Waals surface area contributed by atoms with E-state index < -0.39 is 12.0 Å². The molecule has 8 nitrogen and oxygen atoms in total. The van der Waals surface area contributed by atoms with Crippen LogP contribution in [0.1, 0.15) is 42.2 Å². The molecule has 39 heavy (non-hydrogen) atoms. The molecule has 0 aliphatic carbocycles. The van der Waals surface area contributed by atoms with E-state index in [2.05, 4.69) is 10.2 Å². The largest absolute Gasteiger partial charge is 0.463 e. The average molecular weight is 594 g/mol. The summed E-state index contributed by atoms with van der Waals surface area (Å²) in [6.45, 7) is 6.81. The summed E-state index contributed by atoms with van der Waals surface area (Å²) in [5.41, 5.74) is 1.98. The third-order valence-electron chi connectivity index (χ3n) is 6.88. The van der Waals surface area contributed by atoms with E-state index in [1.165, 1.54) is 0 Å². The maximum atomic E-state index is 13.4. The van der Waals surface area contributed by atoms with Crippen LogP contribution in [0.2, 0.25) is 15.1 Å². The predicted molar refractivity (Wildman–Crippen MR) is 152 cm³/mol. The zero-order valence-electron chi connectivity index (χ0n) is 21.9. The number of esters is 1. The zero-order chi connectivity index (χ0) is 28.1. The highest BCUT2D eigenvalue weighted by Gasteiger charge is 2.39. The van der Waals surface area contributed by atoms with Crippen LogP contribution in [-0.2, 0) is 9.53 Å². The summed E-state index contributed by atoms with van der Waals surface area (Å²) >= 11 is 18.8. The van der Waals surface area contributed by atoms with Crippen LogP contribution in [0.4, 0.5) is 4.79 Å². The number of hydrogen-bond acceptors (Lipinski definition) is 5. The Kier molecular flexibility index (Phi) is 9.77. The predicted octanol–water partition coefficient (Wildman–Crippen LogP) is 5.40. The lowest BCUT2D eigenvalue weighted by atomic mass is 9.94. The number of rotatable bonds is 7. The molecule has 2 heterocycles. The molecule has 3 amide bonds. The molecule has 0 spiro atoms. The van der Waals surface area contributed by atoms with Crippen LogP contribution in [-0.4, -0.2) is 78.5 Å². The van der Waals surface area contributed by atoms with Gasteiger partial charge in [0.25, 0.3) is 5.91 Å². The first-order valence-corrected chi connectivity index (χ1v) is 14.1. The van der Waals surface area contributed by atoms with Crippen molar-refractivity contribution in [1.82, 2.24) is 20.0 Å². The lowest BCUT2D eigenvalue weighted by Crippen LogP contribution is -2.51. The highest BCUT2D eigenvalue weighted by molar-refractivity contribution is 6.42. The Morgan fingerprint density at radius 2 is 1.74 bits per heavy atom. The average Bonchev–Trinajstić information content (AvgIpc) is 3.16. The van der Waals surface area contributed by atoms with Crippen molar-refractivity contribution in [3.8, 4) is 0 Å². The molecule has 2 aliphatic heterocycles. The van der Waals surface area contributed by atoms with Crippen molar-refractivity contribution in [2.45, 2.75) is 26.3 Å². The van der Waals surface area contributed by atoms with Crippen LogP contribution >= 0.6 is 34.8 Å². The molecule has 1 atom stereocenters. The first kappa shape index (κ1) is 29.2. The van der Waals surface area contributed by atoms with Crippen LogP contribution in [0.5, 0.6) is 0 Å². The lowest BCUT2D eigenvalue weighted by Gasteiger charge is -2.38. The number of likely N-dealkylation sites (N-methyl/N-ethyl adjacent to an activating group) is 1. The monoisotopic (exact) mass is 592 g/mol. The maximum absolute atomic E-state index is 13.4. The molecular formula is C28H31Cl3N4O4. The fourth-order valence-corrected chi connectivity index (χ4v) is 5.50. The van der Waals surface area contributed by atoms with Gasteiger partial charge in [0, 0.05) is 55.6 Å². The van der Waals surface area contributed by atoms with Crippen molar-refractivity contribution in [2.24, 2.45) is 0 Å². The Hall–Kier alpha value is -2.78. The van der Waals surface area contributed by atoms with Crippen molar-refractivity contribution in [2.75, 3.05) is 45.9 Å². The SMILES string of the molecule is CCOC(=O)C1=C(CN2CCCN(C(=O)c3ccc(Cl)cc3)CC2)N(CC)C(=O)N[C@H]1c1cccc(Cl)c1Cl. The number of nitrogens with one attached hydrogen (secondary N) is 1. The Labute approximate surface area is 243 Å². The number of carbonyl (C=O) groups excluding carboxylic acids is 3. The molecule has 0 saturated carbocycles. The quantitative estimate of drug-likeness (QED) is 0.435. The number of nitrogens with zero attached hydrogens (tertiary/aromatic N) is 3. The van der Waals surface area contributed by atoms with E-state index in [0.717, 1.165) is 6.42 Å². The smallest absolute Gasteiger partial charge is 0.338 e. The number of carbonyl (C=O) groups is 3. The van der Waals surface area contributed by atoms with Gasteiger partial charge in [0.15, 0.2) is 0 Å². The molecule has 0 radical (unpaired) electrons. The van der Waals surface area contributed by atoms with Gasteiger partial charge in [0.1, 0.15) is 0 Å². The van der Waals surface area contributed by atoms with Crippen LogP contribution in [0, 0.1) is 0 Å². The molecule has 1 N–H and O–H groups in total. The number of halogens is 3. The summed E-state index contributed by atoms with van der Waals surface area (Å²) in [6, 6.07) is 10.8. The van der Waals surface area contributed by atoms with E-state index in [-0.39, 0.29) is 23.6 Å². The highest BCUT2D eigenvalue weighted by Crippen LogP contribution is 2.38. The van der Waals surface area contributed by atoms with Gasteiger partial charge in [-0.05, 0) is 56.2 Å². The van der Waals surface area contributed by atoms with Gasteiger partial charge in [-0.3, -0.25) is 14.6 Å². The zero-order valence-corrected chi connectivity index (χ0v) is 24.2. The Morgan fingerprint density at radius 3 is 2.44 bits per heavy atom. The minimum absolute atomic E-state index is 0.0529. The fourth-order valence-electron chi connectivity index (χ4n) is 4.95. The van der Waals surface area contributed by atoms with Crippen molar-refractivity contribution in [3.63, 3.8) is 0 Å². The van der Waals surface area contributed by atoms with Crippen LogP contribution in [0.3, 0.4) is 0 Å². The van der Waals surface area contributed by atoms with E-state index in [0.29, 0.717) is 71.7 Å². The molecule has 0 aromatic heterocycles. The van der Waals surface area contributed by atoms with Gasteiger partial charge >= 0.3 is 12.0 Å². The van der Waals surface area contributed by atoms with E-state index >= 15 is 0 Å². The van der Waals surface area contributed by atoms with Gasteiger partial charge < -0.3 is 15.0 Å². The van der Waals surface area contributed by atoms with Gasteiger partial charge in [-0.15, -0.1) is 0 Å². The van der Waals surface area contributed by atoms with Crippen molar-refractivity contribution in [1.29, 1.82) is 0 Å². The molecule has 0 unspecified atom stereocenters. The summed E-state index contributed by atoms with van der Waals surface area (Å²) in [7, 11) is 0. The van der Waals surface area contributed by atoms with Crippen LogP contribution in [0.25, 0.3) is 0 Å². The third-order valence-corrected chi connectivity index (χ3v) is 7.97. The Morgan fingerprint density at radius 1 is 1.00 bits per heavy atom. The van der Waals surface area contributed by atoms with Crippen molar-refractivity contribution < 1.29 is 19.1 Å². The van der Waals surface area contributed by atoms with E-state index in [1.54, 1.807) is 54.3 Å². The fraction of sp³-hybridized carbons (Fsp3) is 0.393. The molecule has 4 rings (SSSR count). The van der Waals surface area contributed by atoms with Crippen LogP contribution < -0.4 is 5.32 Å². The van der Waals surface area contributed by atoms with E-state index in [9.17, 15) is 14.4 Å². The minimum Gasteiger partial charge on any atom is -0.463 e. The van der Waals surface area contributed by atoms with Gasteiger partial charge in [0.2, 0.25) is 0 Å². The maximum Gasteiger partial charge on any atom is 0.338 e. The van der Waals surface area contributed by atoms with Gasteiger partial charge in [0.05, 0.1) is 28.3 Å². The normalized spacial score (nSPS) is 18.6. The summed E-state index contributed by atoms with van der Waals surface area (Å²) in [6.07, 6.45) is 0.739. The molecule has 1 fully saturated rings. The number of hydrogen-bond donors (Lipinski definition) is 1. The Bertz CT molecular complexity index is 1270. The number of urea groups is 1. The van der Waals surface area contributed by atoms with Crippen LogP contribution in [0.15, 0.2) is 53.7 Å². The minimum atomic E-state index is -0.824. The molecule has 208 valence electrons. The summed E-state index contributed by atoms with van der Waals surface area (Å²) in [4.78, 5) is 45.2. The second-order valence-electron chi connectivity index (χ2n) is 9.28. The standard InChI is InChI=1S/C28H31Cl3N4O4/c1-3-35-22(17-33-13-6-14-34(16-15-33)26(36)18-9-11-19(29)12-10-18)23(27(37)39-4-2)25(32-28(35)38)20-7-5-8-21(30)24(20)31/h5,7-12,25H,3-4,6,13-17H2,1-2H3,(H,32,38)/t25-/m0/s1. The number of amides is 3.